The van der Waals surface area contributed by atoms with E-state index >= 15 is 0 Å². The van der Waals surface area contributed by atoms with Gasteiger partial charge in [-0.15, -0.1) is 0 Å². The average Bonchev–Trinajstić information content (AvgIpc) is 2.52. The summed E-state index contributed by atoms with van der Waals surface area (Å²) in [6, 6.07) is 8.17. The Kier molecular flexibility index (Phi) is 4.99. The van der Waals surface area contributed by atoms with Gasteiger partial charge in [-0.05, 0) is 26.1 Å². The Morgan fingerprint density at radius 3 is 2.76 bits per heavy atom. The van der Waals surface area contributed by atoms with Gasteiger partial charge < -0.3 is 4.74 Å². The van der Waals surface area contributed by atoms with Crippen LogP contribution in [0.3, 0.4) is 0 Å². The fourth-order valence-electron chi connectivity index (χ4n) is 1.65. The lowest BCUT2D eigenvalue weighted by atomic mass is 10.1. The zero-order valence-corrected chi connectivity index (χ0v) is 11.0. The van der Waals surface area contributed by atoms with Gasteiger partial charge in [0, 0.05) is 18.2 Å². The second kappa shape index (κ2) is 6.27. The second-order valence-corrected chi connectivity index (χ2v) is 4.01. The van der Waals surface area contributed by atoms with Crippen molar-refractivity contribution in [2.75, 3.05) is 13.7 Å². The smallest absolute Gasteiger partial charge is 0.125 e. The summed E-state index contributed by atoms with van der Waals surface area (Å²) in [7, 11) is 2.08. The molecule has 1 unspecified atom stereocenters. The third-order valence-electron chi connectivity index (χ3n) is 2.85. The van der Waals surface area contributed by atoms with E-state index < -0.39 is 0 Å². The van der Waals surface area contributed by atoms with E-state index in [1.165, 1.54) is 0 Å². The minimum Gasteiger partial charge on any atom is -0.492 e. The highest BCUT2D eigenvalue weighted by Crippen LogP contribution is 2.25. The maximum atomic E-state index is 8.80. The molecule has 0 fully saturated rings. The van der Waals surface area contributed by atoms with Crippen molar-refractivity contribution in [1.82, 2.24) is 4.90 Å². The van der Waals surface area contributed by atoms with E-state index in [1.54, 1.807) is 0 Å². The summed E-state index contributed by atoms with van der Waals surface area (Å²) >= 11 is 0. The fourth-order valence-corrected chi connectivity index (χ4v) is 1.65. The molecule has 0 saturated heterocycles. The standard InChI is InChI=1S/C12H14N2O.C2H6/c1-9-8-15-12-5-10(6-13)3-4-11(12)7-14(9)2;1-2/h3-5,9H,7-8H2,1-2H3;1-2H3. The lowest BCUT2D eigenvalue weighted by Crippen LogP contribution is -2.31. The summed E-state index contributed by atoms with van der Waals surface area (Å²) in [5.74, 6) is 0.852. The van der Waals surface area contributed by atoms with Crippen LogP contribution in [0.4, 0.5) is 0 Å². The molecule has 17 heavy (non-hydrogen) atoms. The van der Waals surface area contributed by atoms with Crippen LogP contribution < -0.4 is 4.74 Å². The Hall–Kier alpha value is -1.53. The van der Waals surface area contributed by atoms with E-state index in [0.29, 0.717) is 18.2 Å². The highest BCUT2D eigenvalue weighted by molar-refractivity contribution is 5.42. The quantitative estimate of drug-likeness (QED) is 0.690. The van der Waals surface area contributed by atoms with Crippen molar-refractivity contribution < 1.29 is 4.74 Å². The van der Waals surface area contributed by atoms with Gasteiger partial charge >= 0.3 is 0 Å². The van der Waals surface area contributed by atoms with Gasteiger partial charge in [0.15, 0.2) is 0 Å². The lowest BCUT2D eigenvalue weighted by molar-refractivity contribution is 0.189. The largest absolute Gasteiger partial charge is 0.492 e. The molecule has 2 rings (SSSR count). The summed E-state index contributed by atoms with van der Waals surface area (Å²) in [6.45, 7) is 7.69. The third-order valence-corrected chi connectivity index (χ3v) is 2.85. The molecule has 0 aliphatic carbocycles. The van der Waals surface area contributed by atoms with Gasteiger partial charge in [0.1, 0.15) is 12.4 Å². The molecule has 1 heterocycles. The van der Waals surface area contributed by atoms with E-state index in [-0.39, 0.29) is 0 Å². The van der Waals surface area contributed by atoms with Crippen LogP contribution in [0.25, 0.3) is 0 Å². The molecule has 0 bridgehead atoms. The van der Waals surface area contributed by atoms with Crippen molar-refractivity contribution in [3.8, 4) is 11.8 Å². The number of likely N-dealkylation sites (N-methyl/N-ethyl adjacent to an activating group) is 1. The first-order valence-corrected chi connectivity index (χ1v) is 6.07. The van der Waals surface area contributed by atoms with E-state index in [1.807, 2.05) is 32.0 Å². The van der Waals surface area contributed by atoms with Crippen LogP contribution in [0, 0.1) is 11.3 Å². The number of ether oxygens (including phenoxy) is 1. The Bertz CT molecular complexity index is 409. The highest BCUT2D eigenvalue weighted by Gasteiger charge is 2.18. The number of hydrogen-bond acceptors (Lipinski definition) is 3. The Morgan fingerprint density at radius 2 is 2.12 bits per heavy atom. The maximum Gasteiger partial charge on any atom is 0.125 e. The van der Waals surface area contributed by atoms with E-state index in [0.717, 1.165) is 17.9 Å². The molecule has 0 N–H and O–H groups in total. The molecule has 0 saturated carbocycles. The van der Waals surface area contributed by atoms with Crippen molar-refractivity contribution >= 4 is 0 Å². The molecule has 1 aliphatic rings. The summed E-state index contributed by atoms with van der Waals surface area (Å²) < 4.78 is 5.68. The molecule has 1 aliphatic heterocycles. The zero-order valence-electron chi connectivity index (χ0n) is 11.0. The van der Waals surface area contributed by atoms with Crippen molar-refractivity contribution in [3.63, 3.8) is 0 Å². The van der Waals surface area contributed by atoms with Gasteiger partial charge in [-0.1, -0.05) is 19.9 Å². The molecule has 0 radical (unpaired) electrons. The highest BCUT2D eigenvalue weighted by atomic mass is 16.5. The second-order valence-electron chi connectivity index (χ2n) is 4.01. The lowest BCUT2D eigenvalue weighted by Gasteiger charge is -2.19. The summed E-state index contributed by atoms with van der Waals surface area (Å²) in [6.07, 6.45) is 0. The van der Waals surface area contributed by atoms with Crippen LogP contribution >= 0.6 is 0 Å². The molecule has 1 aromatic rings. The minimum atomic E-state index is 0.405. The summed E-state index contributed by atoms with van der Waals surface area (Å²) in [4.78, 5) is 2.25. The summed E-state index contributed by atoms with van der Waals surface area (Å²) in [5, 5.41) is 8.80. The zero-order chi connectivity index (χ0) is 12.8. The normalized spacial score (nSPS) is 18.9. The Balaban J connectivity index is 0.000000686. The van der Waals surface area contributed by atoms with Crippen LogP contribution in [-0.4, -0.2) is 24.6 Å². The van der Waals surface area contributed by atoms with E-state index in [2.05, 4.69) is 24.9 Å². The number of fused-ring (bicyclic) bond motifs is 1. The van der Waals surface area contributed by atoms with Gasteiger partial charge in [-0.25, -0.2) is 0 Å². The van der Waals surface area contributed by atoms with Crippen molar-refractivity contribution in [3.05, 3.63) is 29.3 Å². The molecular weight excluding hydrogens is 212 g/mol. The number of rotatable bonds is 0. The van der Waals surface area contributed by atoms with Crippen LogP contribution in [0.5, 0.6) is 5.75 Å². The van der Waals surface area contributed by atoms with Gasteiger partial charge in [0.25, 0.3) is 0 Å². The van der Waals surface area contributed by atoms with Crippen LogP contribution in [0.15, 0.2) is 18.2 Å². The topological polar surface area (TPSA) is 36.3 Å². The van der Waals surface area contributed by atoms with Crippen molar-refractivity contribution in [2.24, 2.45) is 0 Å². The van der Waals surface area contributed by atoms with Crippen LogP contribution in [0.2, 0.25) is 0 Å². The molecule has 0 spiro atoms. The predicted molar refractivity (Wildman–Crippen MR) is 68.9 cm³/mol. The van der Waals surface area contributed by atoms with E-state index in [4.69, 9.17) is 10.00 Å². The monoisotopic (exact) mass is 232 g/mol. The van der Waals surface area contributed by atoms with Crippen LogP contribution in [-0.2, 0) is 6.54 Å². The molecule has 92 valence electrons. The molecule has 0 amide bonds. The number of nitriles is 1. The fraction of sp³-hybridized carbons (Fsp3) is 0.500. The molecule has 0 aromatic heterocycles. The number of nitrogens with zero attached hydrogens (tertiary/aromatic N) is 2. The average molecular weight is 232 g/mol. The first kappa shape index (κ1) is 13.5. The molecular formula is C14H20N2O. The van der Waals surface area contributed by atoms with Gasteiger partial charge in [-0.3, -0.25) is 4.90 Å². The molecule has 3 heteroatoms. The van der Waals surface area contributed by atoms with Crippen molar-refractivity contribution in [1.29, 1.82) is 5.26 Å². The van der Waals surface area contributed by atoms with Crippen molar-refractivity contribution in [2.45, 2.75) is 33.4 Å². The Labute approximate surface area is 104 Å². The van der Waals surface area contributed by atoms with Gasteiger partial charge in [-0.2, -0.15) is 5.26 Å². The van der Waals surface area contributed by atoms with Gasteiger partial charge in [0.2, 0.25) is 0 Å². The molecule has 3 nitrogen and oxygen atoms in total. The first-order valence-electron chi connectivity index (χ1n) is 6.07. The van der Waals surface area contributed by atoms with Gasteiger partial charge in [0.05, 0.1) is 11.6 Å². The first-order chi connectivity index (χ1) is 8.20. The maximum absolute atomic E-state index is 8.80. The minimum absolute atomic E-state index is 0.405. The third kappa shape index (κ3) is 3.21. The number of benzene rings is 1. The van der Waals surface area contributed by atoms with Crippen LogP contribution in [0.1, 0.15) is 31.9 Å². The SMILES string of the molecule is CC.CC1COc2cc(C#N)ccc2CN1C. The molecule has 1 atom stereocenters. The Morgan fingerprint density at radius 1 is 1.41 bits per heavy atom. The summed E-state index contributed by atoms with van der Waals surface area (Å²) in [5.41, 5.74) is 1.81. The number of hydrogen-bond donors (Lipinski definition) is 0. The van der Waals surface area contributed by atoms with E-state index in [9.17, 15) is 0 Å². The molecule has 1 aromatic carbocycles. The predicted octanol–water partition coefficient (Wildman–Crippen LogP) is 2.80.